The third-order valence-electron chi connectivity index (χ3n) is 3.51. The van der Waals surface area contributed by atoms with Gasteiger partial charge >= 0.3 is 5.79 Å². The third-order valence-corrected chi connectivity index (χ3v) is 3.51. The highest BCUT2D eigenvalue weighted by molar-refractivity contribution is 5.22. The van der Waals surface area contributed by atoms with E-state index in [2.05, 4.69) is 9.47 Å². The highest BCUT2D eigenvalue weighted by Crippen LogP contribution is 2.54. The standard InChI is InChI=1S/C10H18O11/c1-4(20-3)5(2)21-10(19)8(15,16)6(11,12)7(13,14)9(10,17)18/h11-19H,1-3H3. The summed E-state index contributed by atoms with van der Waals surface area (Å²) in [5.74, 6) is -22.0. The summed E-state index contributed by atoms with van der Waals surface area (Å²) < 4.78 is 9.20. The molecule has 1 aliphatic carbocycles. The molecule has 11 heteroatoms. The highest BCUT2D eigenvalue weighted by Gasteiger charge is 2.93. The van der Waals surface area contributed by atoms with Crippen LogP contribution >= 0.6 is 0 Å². The molecule has 21 heavy (non-hydrogen) atoms. The van der Waals surface area contributed by atoms with Gasteiger partial charge in [0.05, 0.1) is 7.11 Å². The molecule has 0 atom stereocenters. The van der Waals surface area contributed by atoms with Gasteiger partial charge in [-0.1, -0.05) is 0 Å². The van der Waals surface area contributed by atoms with Crippen LogP contribution in [0.1, 0.15) is 13.8 Å². The number of rotatable bonds is 3. The number of hydrogen-bond acceptors (Lipinski definition) is 11. The summed E-state index contributed by atoms with van der Waals surface area (Å²) in [7, 11) is 1.17. The van der Waals surface area contributed by atoms with Crippen molar-refractivity contribution in [3.8, 4) is 0 Å². The Labute approximate surface area is 118 Å². The number of methoxy groups -OCH3 is 1. The summed E-state index contributed by atoms with van der Waals surface area (Å²) >= 11 is 0. The number of aliphatic hydroxyl groups is 9. The summed E-state index contributed by atoms with van der Waals surface area (Å²) in [5, 5.41) is 85.9. The molecular formula is C10H18O11. The molecule has 0 radical (unpaired) electrons. The van der Waals surface area contributed by atoms with Crippen LogP contribution in [0, 0.1) is 0 Å². The van der Waals surface area contributed by atoms with Crippen LogP contribution in [0.5, 0.6) is 0 Å². The first kappa shape index (κ1) is 18.0. The topological polar surface area (TPSA) is 201 Å². The van der Waals surface area contributed by atoms with Crippen LogP contribution in [0.3, 0.4) is 0 Å². The fourth-order valence-corrected chi connectivity index (χ4v) is 1.78. The lowest BCUT2D eigenvalue weighted by Gasteiger charge is -2.39. The lowest BCUT2D eigenvalue weighted by atomic mass is 10.0. The van der Waals surface area contributed by atoms with Crippen LogP contribution in [0.15, 0.2) is 11.5 Å². The smallest absolute Gasteiger partial charge is 0.329 e. The van der Waals surface area contributed by atoms with Gasteiger partial charge in [-0.3, -0.25) is 0 Å². The van der Waals surface area contributed by atoms with E-state index in [-0.39, 0.29) is 5.76 Å². The molecule has 0 saturated heterocycles. The molecule has 0 spiro atoms. The van der Waals surface area contributed by atoms with E-state index in [1.54, 1.807) is 0 Å². The first-order chi connectivity index (χ1) is 9.12. The molecule has 0 aromatic rings. The Morgan fingerprint density at radius 2 is 0.952 bits per heavy atom. The molecule has 0 aromatic carbocycles. The Bertz CT molecular complexity index is 436. The molecule has 124 valence electrons. The van der Waals surface area contributed by atoms with Crippen molar-refractivity contribution in [1.29, 1.82) is 0 Å². The Hall–Kier alpha value is -1.02. The van der Waals surface area contributed by atoms with E-state index in [1.165, 1.54) is 14.0 Å². The second kappa shape index (κ2) is 4.49. The largest absolute Gasteiger partial charge is 0.498 e. The van der Waals surface area contributed by atoms with Crippen LogP contribution in [-0.2, 0) is 9.47 Å². The number of hydrogen-bond donors (Lipinski definition) is 9. The molecule has 0 aliphatic heterocycles. The third kappa shape index (κ3) is 1.81. The van der Waals surface area contributed by atoms with Crippen molar-refractivity contribution in [1.82, 2.24) is 0 Å². The minimum Gasteiger partial charge on any atom is -0.498 e. The summed E-state index contributed by atoms with van der Waals surface area (Å²) in [6, 6.07) is 0. The highest BCUT2D eigenvalue weighted by atomic mass is 16.8. The van der Waals surface area contributed by atoms with Crippen molar-refractivity contribution in [2.45, 2.75) is 42.8 Å². The van der Waals surface area contributed by atoms with E-state index in [0.717, 1.165) is 6.92 Å². The monoisotopic (exact) mass is 314 g/mol. The lowest BCUT2D eigenvalue weighted by Crippen LogP contribution is -2.68. The van der Waals surface area contributed by atoms with E-state index >= 15 is 0 Å². The van der Waals surface area contributed by atoms with E-state index in [9.17, 15) is 46.0 Å². The fourth-order valence-electron chi connectivity index (χ4n) is 1.78. The van der Waals surface area contributed by atoms with Gasteiger partial charge in [0.25, 0.3) is 23.1 Å². The summed E-state index contributed by atoms with van der Waals surface area (Å²) in [6.45, 7) is 2.35. The van der Waals surface area contributed by atoms with Crippen molar-refractivity contribution in [3.63, 3.8) is 0 Å². The van der Waals surface area contributed by atoms with E-state index in [0.29, 0.717) is 0 Å². The Kier molecular flexibility index (Phi) is 3.85. The number of ether oxygens (including phenoxy) is 2. The Morgan fingerprint density at radius 3 is 1.24 bits per heavy atom. The lowest BCUT2D eigenvalue weighted by molar-refractivity contribution is -0.455. The first-order valence-corrected chi connectivity index (χ1v) is 5.53. The van der Waals surface area contributed by atoms with Crippen LogP contribution in [0.2, 0.25) is 0 Å². The zero-order valence-corrected chi connectivity index (χ0v) is 11.3. The normalized spacial score (nSPS) is 28.8. The maximum absolute atomic E-state index is 9.98. The molecule has 1 aliphatic rings. The number of allylic oxidation sites excluding steroid dienone is 2. The molecule has 11 nitrogen and oxygen atoms in total. The van der Waals surface area contributed by atoms with Gasteiger partial charge in [0, 0.05) is 0 Å². The molecule has 1 fully saturated rings. The SMILES string of the molecule is COC(C)=C(C)OC1(O)C(O)(O)C(O)(O)C(O)(O)C1(O)O. The van der Waals surface area contributed by atoms with Gasteiger partial charge in [-0.15, -0.1) is 0 Å². The molecule has 0 amide bonds. The van der Waals surface area contributed by atoms with Gasteiger partial charge in [-0.2, -0.15) is 0 Å². The summed E-state index contributed by atoms with van der Waals surface area (Å²) in [4.78, 5) is 0. The first-order valence-electron chi connectivity index (χ1n) is 5.53. The van der Waals surface area contributed by atoms with Gasteiger partial charge in [0.1, 0.15) is 11.5 Å². The van der Waals surface area contributed by atoms with Crippen LogP contribution in [0.25, 0.3) is 0 Å². The second-order valence-electron chi connectivity index (χ2n) is 4.75. The molecule has 0 aromatic heterocycles. The van der Waals surface area contributed by atoms with Crippen molar-refractivity contribution in [2.75, 3.05) is 7.11 Å². The van der Waals surface area contributed by atoms with E-state index in [1.807, 2.05) is 0 Å². The summed E-state index contributed by atoms with van der Waals surface area (Å²) in [6.07, 6.45) is 0. The molecule has 1 saturated carbocycles. The van der Waals surface area contributed by atoms with Crippen molar-refractivity contribution in [2.24, 2.45) is 0 Å². The molecule has 9 N–H and O–H groups in total. The van der Waals surface area contributed by atoms with Gasteiger partial charge in [0.2, 0.25) is 0 Å². The van der Waals surface area contributed by atoms with Crippen LogP contribution in [0.4, 0.5) is 0 Å². The average Bonchev–Trinajstić information content (AvgIpc) is 2.39. The Balaban J connectivity index is 3.53. The second-order valence-corrected chi connectivity index (χ2v) is 4.75. The van der Waals surface area contributed by atoms with E-state index in [4.69, 9.17) is 0 Å². The van der Waals surface area contributed by atoms with Crippen molar-refractivity contribution >= 4 is 0 Å². The van der Waals surface area contributed by atoms with Crippen LogP contribution in [-0.4, -0.2) is 82.0 Å². The quantitative estimate of drug-likeness (QED) is 0.179. The minimum atomic E-state index is -4.39. The summed E-state index contributed by atoms with van der Waals surface area (Å²) in [5.41, 5.74) is 0. The average molecular weight is 314 g/mol. The van der Waals surface area contributed by atoms with Gasteiger partial charge in [-0.05, 0) is 13.8 Å². The molecule has 0 unspecified atom stereocenters. The molecular weight excluding hydrogens is 296 g/mol. The molecule has 0 bridgehead atoms. The van der Waals surface area contributed by atoms with Gasteiger partial charge in [0.15, 0.2) is 0 Å². The van der Waals surface area contributed by atoms with Crippen molar-refractivity contribution in [3.05, 3.63) is 11.5 Å². The zero-order chi connectivity index (χ0) is 17.1. The van der Waals surface area contributed by atoms with E-state index < -0.39 is 34.7 Å². The Morgan fingerprint density at radius 1 is 0.619 bits per heavy atom. The predicted octanol–water partition coefficient (Wildman–Crippen LogP) is -4.67. The molecule has 0 heterocycles. The minimum absolute atomic E-state index is 0.0788. The maximum atomic E-state index is 9.98. The van der Waals surface area contributed by atoms with Gasteiger partial charge < -0.3 is 55.4 Å². The fraction of sp³-hybridized carbons (Fsp3) is 0.800. The maximum Gasteiger partial charge on any atom is 0.329 e. The predicted molar refractivity (Wildman–Crippen MR) is 60.1 cm³/mol. The zero-order valence-electron chi connectivity index (χ0n) is 11.3. The van der Waals surface area contributed by atoms with Crippen molar-refractivity contribution < 1.29 is 55.4 Å². The van der Waals surface area contributed by atoms with Gasteiger partial charge in [-0.25, -0.2) is 0 Å². The van der Waals surface area contributed by atoms with Crippen LogP contribution < -0.4 is 0 Å². The molecule has 1 rings (SSSR count).